The van der Waals surface area contributed by atoms with Crippen LogP contribution in [0, 0.1) is 0 Å². The molecule has 0 atom stereocenters. The van der Waals surface area contributed by atoms with Crippen LogP contribution in [0.3, 0.4) is 0 Å². The van der Waals surface area contributed by atoms with Gasteiger partial charge in [0.15, 0.2) is 0 Å². The first-order valence-corrected chi connectivity index (χ1v) is 14.1. The summed E-state index contributed by atoms with van der Waals surface area (Å²) in [6.07, 6.45) is 1.25. The summed E-state index contributed by atoms with van der Waals surface area (Å²) >= 11 is 0. The predicted octanol–water partition coefficient (Wildman–Crippen LogP) is 10.7. The largest absolute Gasteiger partial charge is 0.399 e. The minimum atomic E-state index is -2.09. The Morgan fingerprint density at radius 3 is 1.09 bits per heavy atom. The summed E-state index contributed by atoms with van der Waals surface area (Å²) in [5.74, 6) is 0. The van der Waals surface area contributed by atoms with Crippen LogP contribution in [0.1, 0.15) is 126 Å². The number of fused-ring (bicyclic) bond motifs is 3. The van der Waals surface area contributed by atoms with Crippen LogP contribution in [-0.4, -0.2) is 4.89 Å². The minimum Gasteiger partial charge on any atom is -0.399 e. The second-order valence-electron chi connectivity index (χ2n) is 13.9. The van der Waals surface area contributed by atoms with Gasteiger partial charge in [0.05, 0.1) is 0 Å². The van der Waals surface area contributed by atoms with Crippen LogP contribution >= 0.6 is 8.24 Å². The molecule has 1 aromatic heterocycles. The number of benzene rings is 2. The van der Waals surface area contributed by atoms with Gasteiger partial charge in [0.2, 0.25) is 0 Å². The van der Waals surface area contributed by atoms with Crippen molar-refractivity contribution in [2.75, 3.05) is 0 Å². The fraction of sp³-hybridized carbons (Fsp3) is 0.613. The number of hydrogen-bond acceptors (Lipinski definition) is 3. The van der Waals surface area contributed by atoms with Crippen LogP contribution in [-0.2, 0) is 21.7 Å². The molecule has 0 saturated heterocycles. The molecule has 0 unspecified atom stereocenters. The average molecular weight is 501 g/mol. The summed E-state index contributed by atoms with van der Waals surface area (Å²) in [7, 11) is -2.09. The molecule has 0 aliphatic rings. The molecule has 0 spiro atoms. The summed E-state index contributed by atoms with van der Waals surface area (Å²) in [5.41, 5.74) is 5.81. The van der Waals surface area contributed by atoms with Crippen LogP contribution in [0.15, 0.2) is 32.7 Å². The Kier molecular flexibility index (Phi) is 8.42. The molecule has 0 saturated carbocycles. The molecule has 0 aliphatic heterocycles. The zero-order valence-electron chi connectivity index (χ0n) is 24.7. The fourth-order valence-corrected chi connectivity index (χ4v) is 4.75. The third-order valence-corrected chi connectivity index (χ3v) is 6.83. The van der Waals surface area contributed by atoms with E-state index in [1.165, 1.54) is 17.5 Å². The van der Waals surface area contributed by atoms with E-state index < -0.39 is 8.24 Å². The highest BCUT2D eigenvalue weighted by atomic mass is 31.1. The topological polar surface area (TPSA) is 46.5 Å². The normalized spacial score (nSPS) is 13.1. The molecule has 0 radical (unpaired) electrons. The van der Waals surface area contributed by atoms with E-state index in [1.54, 1.807) is 0 Å². The van der Waals surface area contributed by atoms with Gasteiger partial charge in [0.25, 0.3) is 0 Å². The average Bonchev–Trinajstić information content (AvgIpc) is 2.79. The van der Waals surface area contributed by atoms with Crippen molar-refractivity contribution in [3.05, 3.63) is 46.5 Å². The molecule has 2 aromatic carbocycles. The maximum atomic E-state index is 10.8. The van der Waals surface area contributed by atoms with E-state index in [0.717, 1.165) is 33.1 Å². The van der Waals surface area contributed by atoms with Gasteiger partial charge in [-0.3, -0.25) is 4.89 Å². The fourth-order valence-electron chi connectivity index (χ4n) is 4.01. The smallest absolute Gasteiger partial charge is 0.384 e. The Morgan fingerprint density at radius 1 is 0.571 bits per heavy atom. The molecule has 0 bridgehead atoms. The SMILES string of the molecule is CC(C)(C)c1cc(C(C)(C)C)c2op(O)oc3c(C(C)(C)C)cc(C(C)(C)C)cc3c2c1.CCC. The lowest BCUT2D eigenvalue weighted by Crippen LogP contribution is -2.17. The molecule has 196 valence electrons. The minimum absolute atomic E-state index is 0.0270. The maximum Gasteiger partial charge on any atom is 0.384 e. The van der Waals surface area contributed by atoms with Crippen LogP contribution in [0.5, 0.6) is 0 Å². The molecule has 0 fully saturated rings. The number of rotatable bonds is 0. The molecule has 1 N–H and O–H groups in total. The van der Waals surface area contributed by atoms with E-state index in [-0.39, 0.29) is 21.7 Å². The number of hydrogen-bond donors (Lipinski definition) is 1. The summed E-state index contributed by atoms with van der Waals surface area (Å²) in [6, 6.07) is 8.96. The van der Waals surface area contributed by atoms with Crippen molar-refractivity contribution < 1.29 is 13.3 Å². The molecule has 3 rings (SSSR count). The quantitative estimate of drug-likeness (QED) is 0.334. The molecular weight excluding hydrogens is 451 g/mol. The third-order valence-electron chi connectivity index (χ3n) is 6.15. The molecule has 1 heterocycles. The molecule has 3 aromatic rings. The standard InChI is InChI=1S/C28H41O3P.C3H8/c1-25(2,3)17-13-19-20-14-18(26(4,5)6)16-22(28(10,11)12)24(20)31-32(29)30-23(19)21(15-17)27(7,8)9;1-3-2/h13-16,29H,1-12H3;3H2,1-2H3. The summed E-state index contributed by atoms with van der Waals surface area (Å²) < 4.78 is 12.3. The Labute approximate surface area is 214 Å². The lowest BCUT2D eigenvalue weighted by Gasteiger charge is -2.27. The zero-order valence-corrected chi connectivity index (χ0v) is 25.6. The summed E-state index contributed by atoms with van der Waals surface area (Å²) in [5, 5.41) is 2.01. The Morgan fingerprint density at radius 2 is 0.857 bits per heavy atom. The Hall–Kier alpha value is -1.70. The van der Waals surface area contributed by atoms with Crippen molar-refractivity contribution in [3.63, 3.8) is 0 Å². The van der Waals surface area contributed by atoms with Crippen molar-refractivity contribution in [1.82, 2.24) is 0 Å². The first-order chi connectivity index (χ1) is 15.7. The third kappa shape index (κ3) is 6.75. The second kappa shape index (κ2) is 9.98. The highest BCUT2D eigenvalue weighted by Crippen LogP contribution is 2.44. The lowest BCUT2D eigenvalue weighted by atomic mass is 9.77. The molecular formula is C31H49O3P. The van der Waals surface area contributed by atoms with Crippen LogP contribution in [0.25, 0.3) is 21.9 Å². The van der Waals surface area contributed by atoms with Crippen LogP contribution in [0.4, 0.5) is 0 Å². The van der Waals surface area contributed by atoms with Gasteiger partial charge in [-0.2, -0.15) is 0 Å². The van der Waals surface area contributed by atoms with Crippen molar-refractivity contribution in [1.29, 1.82) is 0 Å². The van der Waals surface area contributed by atoms with Gasteiger partial charge in [-0.05, 0) is 44.9 Å². The van der Waals surface area contributed by atoms with Gasteiger partial charge in [0, 0.05) is 21.9 Å². The zero-order chi connectivity index (χ0) is 27.1. The summed E-state index contributed by atoms with van der Waals surface area (Å²) in [4.78, 5) is 10.8. The highest BCUT2D eigenvalue weighted by molar-refractivity contribution is 7.30. The van der Waals surface area contributed by atoms with Gasteiger partial charge in [-0.25, -0.2) is 0 Å². The maximum absolute atomic E-state index is 10.8. The first-order valence-electron chi connectivity index (χ1n) is 12.9. The van der Waals surface area contributed by atoms with E-state index in [0.29, 0.717) is 0 Å². The molecule has 0 amide bonds. The van der Waals surface area contributed by atoms with Crippen molar-refractivity contribution in [2.45, 2.75) is 125 Å². The van der Waals surface area contributed by atoms with Gasteiger partial charge < -0.3 is 8.39 Å². The van der Waals surface area contributed by atoms with Crippen molar-refractivity contribution >= 4 is 30.2 Å². The Bertz CT molecular complexity index is 1130. The molecule has 3 nitrogen and oxygen atoms in total. The molecule has 0 aliphatic carbocycles. The van der Waals surface area contributed by atoms with Crippen LogP contribution in [0.2, 0.25) is 0 Å². The monoisotopic (exact) mass is 500 g/mol. The van der Waals surface area contributed by atoms with Crippen molar-refractivity contribution in [3.8, 4) is 0 Å². The van der Waals surface area contributed by atoms with Crippen molar-refractivity contribution in [2.24, 2.45) is 0 Å². The summed E-state index contributed by atoms with van der Waals surface area (Å²) in [6.45, 7) is 30.8. The van der Waals surface area contributed by atoms with Gasteiger partial charge in [-0.15, -0.1) is 0 Å². The molecule has 4 heteroatoms. The van der Waals surface area contributed by atoms with Gasteiger partial charge in [0.1, 0.15) is 11.2 Å². The van der Waals surface area contributed by atoms with Gasteiger partial charge in [-0.1, -0.05) is 115 Å². The Balaban J connectivity index is 0.00000137. The van der Waals surface area contributed by atoms with Gasteiger partial charge >= 0.3 is 8.24 Å². The highest BCUT2D eigenvalue weighted by Gasteiger charge is 2.28. The lowest BCUT2D eigenvalue weighted by molar-refractivity contribution is 0.485. The van der Waals surface area contributed by atoms with E-state index >= 15 is 0 Å². The van der Waals surface area contributed by atoms with E-state index in [1.807, 2.05) is 0 Å². The first kappa shape index (κ1) is 29.5. The predicted molar refractivity (Wildman–Crippen MR) is 155 cm³/mol. The van der Waals surface area contributed by atoms with Crippen LogP contribution < -0.4 is 0 Å². The van der Waals surface area contributed by atoms with E-state index in [4.69, 9.17) is 8.39 Å². The second-order valence-corrected chi connectivity index (χ2v) is 14.8. The van der Waals surface area contributed by atoms with E-state index in [2.05, 4.69) is 121 Å². The van der Waals surface area contributed by atoms with E-state index in [9.17, 15) is 4.89 Å². The molecule has 35 heavy (non-hydrogen) atoms.